The standard InChI is InChI=1S/C14H14N2O3S/c17-20(18,16-8-12-7-11(16)9-19-12)13-5-1-3-10-4-2-6-15-14(10)13/h1-6,11-12H,7-9H2/t11-,12+/m0/s1. The highest BCUT2D eigenvalue weighted by atomic mass is 32.2. The number of hydrogen-bond donors (Lipinski definition) is 0. The summed E-state index contributed by atoms with van der Waals surface area (Å²) in [5, 5.41) is 0.842. The fourth-order valence-electron chi connectivity index (χ4n) is 3.07. The molecule has 0 aliphatic carbocycles. The molecular weight excluding hydrogens is 276 g/mol. The van der Waals surface area contributed by atoms with E-state index < -0.39 is 10.0 Å². The van der Waals surface area contributed by atoms with Gasteiger partial charge in [0.05, 0.1) is 24.3 Å². The maximum atomic E-state index is 12.9. The molecule has 20 heavy (non-hydrogen) atoms. The van der Waals surface area contributed by atoms with Crippen molar-refractivity contribution in [3.8, 4) is 0 Å². The summed E-state index contributed by atoms with van der Waals surface area (Å²) in [5.41, 5.74) is 0.540. The minimum absolute atomic E-state index is 0.0241. The van der Waals surface area contributed by atoms with Gasteiger partial charge >= 0.3 is 0 Å². The number of morpholine rings is 1. The average Bonchev–Trinajstić information content (AvgIpc) is 3.09. The summed E-state index contributed by atoms with van der Waals surface area (Å²) in [5.74, 6) is 0. The molecule has 0 radical (unpaired) electrons. The first-order valence-electron chi connectivity index (χ1n) is 6.63. The number of ether oxygens (including phenoxy) is 1. The van der Waals surface area contributed by atoms with Crippen LogP contribution in [0.3, 0.4) is 0 Å². The van der Waals surface area contributed by atoms with Gasteiger partial charge in [-0.1, -0.05) is 18.2 Å². The molecule has 0 amide bonds. The van der Waals surface area contributed by atoms with Gasteiger partial charge in [-0.25, -0.2) is 8.42 Å². The molecule has 2 bridgehead atoms. The molecule has 1 aromatic heterocycles. The predicted octanol–water partition coefficient (Wildman–Crippen LogP) is 1.40. The zero-order valence-corrected chi connectivity index (χ0v) is 11.6. The molecule has 5 nitrogen and oxygen atoms in total. The van der Waals surface area contributed by atoms with Crippen LogP contribution < -0.4 is 0 Å². The highest BCUT2D eigenvalue weighted by molar-refractivity contribution is 7.89. The van der Waals surface area contributed by atoms with Crippen molar-refractivity contribution in [1.82, 2.24) is 9.29 Å². The van der Waals surface area contributed by atoms with E-state index in [1.54, 1.807) is 22.6 Å². The van der Waals surface area contributed by atoms with Gasteiger partial charge in [0.15, 0.2) is 0 Å². The Hall–Kier alpha value is -1.50. The van der Waals surface area contributed by atoms with Crippen molar-refractivity contribution in [2.45, 2.75) is 23.5 Å². The molecule has 104 valence electrons. The number of sulfonamides is 1. The topological polar surface area (TPSA) is 59.5 Å². The second kappa shape index (κ2) is 4.25. The fourth-order valence-corrected chi connectivity index (χ4v) is 4.89. The lowest BCUT2D eigenvalue weighted by atomic mass is 10.2. The molecular formula is C14H14N2O3S. The van der Waals surface area contributed by atoms with Crippen LogP contribution in [-0.2, 0) is 14.8 Å². The third kappa shape index (κ3) is 1.69. The van der Waals surface area contributed by atoms with Crippen LogP contribution in [-0.4, -0.2) is 43.0 Å². The summed E-state index contributed by atoms with van der Waals surface area (Å²) < 4.78 is 32.8. The van der Waals surface area contributed by atoms with Crippen LogP contribution in [0.4, 0.5) is 0 Å². The van der Waals surface area contributed by atoms with Crippen molar-refractivity contribution in [3.05, 3.63) is 36.5 Å². The van der Waals surface area contributed by atoms with Gasteiger partial charge in [0.1, 0.15) is 4.90 Å². The Morgan fingerprint density at radius 3 is 2.85 bits per heavy atom. The summed E-state index contributed by atoms with van der Waals surface area (Å²) in [6.07, 6.45) is 2.48. The maximum Gasteiger partial charge on any atom is 0.245 e. The lowest BCUT2D eigenvalue weighted by Crippen LogP contribution is -2.41. The molecule has 6 heteroatoms. The number of fused-ring (bicyclic) bond motifs is 3. The zero-order valence-electron chi connectivity index (χ0n) is 10.8. The summed E-state index contributed by atoms with van der Waals surface area (Å²) in [6.45, 7) is 0.957. The summed E-state index contributed by atoms with van der Waals surface area (Å²) in [4.78, 5) is 4.54. The van der Waals surface area contributed by atoms with Gasteiger partial charge in [-0.15, -0.1) is 0 Å². The Morgan fingerprint density at radius 2 is 2.10 bits per heavy atom. The first-order valence-corrected chi connectivity index (χ1v) is 8.07. The van der Waals surface area contributed by atoms with Crippen LogP contribution in [0, 0.1) is 0 Å². The van der Waals surface area contributed by atoms with Gasteiger partial charge in [-0.05, 0) is 18.6 Å². The van der Waals surface area contributed by atoms with Crippen molar-refractivity contribution in [2.24, 2.45) is 0 Å². The van der Waals surface area contributed by atoms with Crippen LogP contribution in [0.2, 0.25) is 0 Å². The van der Waals surface area contributed by atoms with Crippen LogP contribution in [0.25, 0.3) is 10.9 Å². The van der Waals surface area contributed by atoms with Crippen molar-refractivity contribution >= 4 is 20.9 Å². The van der Waals surface area contributed by atoms with Gasteiger partial charge in [0.2, 0.25) is 10.0 Å². The molecule has 2 fully saturated rings. The Balaban J connectivity index is 1.86. The number of benzene rings is 1. The van der Waals surface area contributed by atoms with E-state index in [1.165, 1.54) is 0 Å². The van der Waals surface area contributed by atoms with Crippen LogP contribution in [0.1, 0.15) is 6.42 Å². The third-order valence-electron chi connectivity index (χ3n) is 4.03. The van der Waals surface area contributed by atoms with Gasteiger partial charge < -0.3 is 4.74 Å². The van der Waals surface area contributed by atoms with Crippen LogP contribution in [0.15, 0.2) is 41.4 Å². The Morgan fingerprint density at radius 1 is 1.25 bits per heavy atom. The smallest absolute Gasteiger partial charge is 0.245 e. The summed E-state index contributed by atoms with van der Waals surface area (Å²) >= 11 is 0. The Labute approximate surface area is 117 Å². The fraction of sp³-hybridized carbons (Fsp3) is 0.357. The molecule has 0 N–H and O–H groups in total. The number of hydrogen-bond acceptors (Lipinski definition) is 4. The van der Waals surface area contributed by atoms with Gasteiger partial charge in [0, 0.05) is 18.1 Å². The quantitative estimate of drug-likeness (QED) is 0.839. The minimum atomic E-state index is -3.51. The maximum absolute atomic E-state index is 12.9. The van der Waals surface area contributed by atoms with E-state index in [9.17, 15) is 8.42 Å². The SMILES string of the molecule is O=S(=O)(c1cccc2cccnc12)N1C[C@H]2C[C@H]1CO2. The molecule has 2 aliphatic rings. The van der Waals surface area contributed by atoms with E-state index >= 15 is 0 Å². The zero-order chi connectivity index (χ0) is 13.7. The highest BCUT2D eigenvalue weighted by Crippen LogP contribution is 2.34. The molecule has 2 atom stereocenters. The van der Waals surface area contributed by atoms with Gasteiger partial charge in [-0.3, -0.25) is 4.98 Å². The molecule has 0 unspecified atom stereocenters. The molecule has 2 aliphatic heterocycles. The number of nitrogens with zero attached hydrogens (tertiary/aromatic N) is 2. The van der Waals surface area contributed by atoms with E-state index in [1.807, 2.05) is 18.2 Å². The van der Waals surface area contributed by atoms with E-state index in [4.69, 9.17) is 4.74 Å². The van der Waals surface area contributed by atoms with Crippen LogP contribution >= 0.6 is 0 Å². The molecule has 2 aromatic rings. The second-order valence-corrected chi connectivity index (χ2v) is 7.11. The van der Waals surface area contributed by atoms with Crippen molar-refractivity contribution in [1.29, 1.82) is 0 Å². The average molecular weight is 290 g/mol. The van der Waals surface area contributed by atoms with Crippen molar-refractivity contribution in [2.75, 3.05) is 13.2 Å². The lowest BCUT2D eigenvalue weighted by Gasteiger charge is -2.26. The second-order valence-electron chi connectivity index (χ2n) is 5.25. The molecule has 2 saturated heterocycles. The number of para-hydroxylation sites is 1. The lowest BCUT2D eigenvalue weighted by molar-refractivity contribution is 0.0609. The Bertz CT molecular complexity index is 770. The summed E-state index contributed by atoms with van der Waals surface area (Å²) in [7, 11) is -3.51. The van der Waals surface area contributed by atoms with E-state index in [0.717, 1.165) is 11.8 Å². The van der Waals surface area contributed by atoms with Crippen LogP contribution in [0.5, 0.6) is 0 Å². The minimum Gasteiger partial charge on any atom is -0.375 e. The molecule has 4 rings (SSSR count). The molecule has 1 aromatic carbocycles. The monoisotopic (exact) mass is 290 g/mol. The molecule has 3 heterocycles. The van der Waals surface area contributed by atoms with E-state index in [-0.39, 0.29) is 12.1 Å². The highest BCUT2D eigenvalue weighted by Gasteiger charge is 2.45. The Kier molecular flexibility index (Phi) is 2.60. The third-order valence-corrected chi connectivity index (χ3v) is 5.98. The molecule has 0 spiro atoms. The summed E-state index contributed by atoms with van der Waals surface area (Å²) in [6, 6.07) is 8.94. The van der Waals surface area contributed by atoms with E-state index in [0.29, 0.717) is 23.6 Å². The molecule has 0 saturated carbocycles. The first kappa shape index (κ1) is 12.3. The largest absolute Gasteiger partial charge is 0.375 e. The van der Waals surface area contributed by atoms with Gasteiger partial charge in [-0.2, -0.15) is 4.31 Å². The van der Waals surface area contributed by atoms with Crippen molar-refractivity contribution < 1.29 is 13.2 Å². The number of aromatic nitrogens is 1. The first-order chi connectivity index (χ1) is 9.66. The van der Waals surface area contributed by atoms with Gasteiger partial charge in [0.25, 0.3) is 0 Å². The van der Waals surface area contributed by atoms with E-state index in [2.05, 4.69) is 4.98 Å². The number of rotatable bonds is 2. The van der Waals surface area contributed by atoms with Crippen molar-refractivity contribution in [3.63, 3.8) is 0 Å². The number of pyridine rings is 1. The normalized spacial score (nSPS) is 26.4. The predicted molar refractivity (Wildman–Crippen MR) is 73.8 cm³/mol.